The first-order chi connectivity index (χ1) is 14.6. The van der Waals surface area contributed by atoms with Gasteiger partial charge in [-0.15, -0.1) is 0 Å². The average molecular weight is 414 g/mol. The predicted molar refractivity (Wildman–Crippen MR) is 114 cm³/mol. The van der Waals surface area contributed by atoms with Gasteiger partial charge in [0, 0.05) is 38.6 Å². The lowest BCUT2D eigenvalue weighted by Crippen LogP contribution is -2.45. The molecule has 1 atom stereocenters. The standard InChI is InChI=1S/C22H31N5O3/c1-25-22(29)27(18-7-3-4-8-18)20(24-25)17-6-5-13-26(15-17)21(28)23-14-16-9-11-19(30-2)12-10-16/h9-12,17-18H,3-8,13-15H2,1-2H3,(H,23,28). The number of amides is 2. The average Bonchev–Trinajstić information content (AvgIpc) is 3.40. The number of methoxy groups -OCH3 is 1. The van der Waals surface area contributed by atoms with Gasteiger partial charge in [0.2, 0.25) is 0 Å². The van der Waals surface area contributed by atoms with Crippen LogP contribution in [-0.4, -0.2) is 45.5 Å². The van der Waals surface area contributed by atoms with Crippen LogP contribution in [0.1, 0.15) is 61.9 Å². The van der Waals surface area contributed by atoms with Gasteiger partial charge in [0.15, 0.2) is 0 Å². The van der Waals surface area contributed by atoms with E-state index in [0.717, 1.165) is 62.2 Å². The van der Waals surface area contributed by atoms with Gasteiger partial charge in [-0.25, -0.2) is 14.3 Å². The molecule has 1 saturated carbocycles. The minimum Gasteiger partial charge on any atom is -0.497 e. The highest BCUT2D eigenvalue weighted by Crippen LogP contribution is 2.33. The first kappa shape index (κ1) is 20.5. The third kappa shape index (κ3) is 4.22. The molecule has 0 bridgehead atoms. The van der Waals surface area contributed by atoms with Crippen LogP contribution in [0.4, 0.5) is 4.79 Å². The number of urea groups is 1. The van der Waals surface area contributed by atoms with Gasteiger partial charge in [0.05, 0.1) is 7.11 Å². The summed E-state index contributed by atoms with van der Waals surface area (Å²) >= 11 is 0. The van der Waals surface area contributed by atoms with Crippen molar-refractivity contribution >= 4 is 6.03 Å². The molecule has 2 fully saturated rings. The highest BCUT2D eigenvalue weighted by molar-refractivity contribution is 5.74. The molecule has 2 heterocycles. The predicted octanol–water partition coefficient (Wildman–Crippen LogP) is 2.79. The number of aromatic nitrogens is 3. The third-order valence-corrected chi connectivity index (χ3v) is 6.35. The summed E-state index contributed by atoms with van der Waals surface area (Å²) in [5, 5.41) is 7.60. The summed E-state index contributed by atoms with van der Waals surface area (Å²) in [7, 11) is 3.36. The van der Waals surface area contributed by atoms with E-state index < -0.39 is 0 Å². The summed E-state index contributed by atoms with van der Waals surface area (Å²) in [4.78, 5) is 27.3. The Kier molecular flexibility index (Phi) is 6.11. The summed E-state index contributed by atoms with van der Waals surface area (Å²) in [6.45, 7) is 1.80. The van der Waals surface area contributed by atoms with Gasteiger partial charge in [-0.2, -0.15) is 5.10 Å². The Morgan fingerprint density at radius 3 is 2.60 bits per heavy atom. The number of hydrogen-bond donors (Lipinski definition) is 1. The van der Waals surface area contributed by atoms with Crippen molar-refractivity contribution in [3.8, 4) is 5.75 Å². The van der Waals surface area contributed by atoms with Gasteiger partial charge in [-0.05, 0) is 43.4 Å². The number of rotatable bonds is 5. The van der Waals surface area contributed by atoms with E-state index in [-0.39, 0.29) is 23.7 Å². The highest BCUT2D eigenvalue weighted by atomic mass is 16.5. The topological polar surface area (TPSA) is 81.4 Å². The Balaban J connectivity index is 1.42. The van der Waals surface area contributed by atoms with Gasteiger partial charge in [0.1, 0.15) is 11.6 Å². The Labute approximate surface area is 176 Å². The van der Waals surface area contributed by atoms with Gasteiger partial charge in [-0.3, -0.25) is 4.57 Å². The van der Waals surface area contributed by atoms with E-state index in [0.29, 0.717) is 13.1 Å². The zero-order valence-corrected chi connectivity index (χ0v) is 17.8. The van der Waals surface area contributed by atoms with Crippen LogP contribution in [0.15, 0.2) is 29.1 Å². The number of ether oxygens (including phenoxy) is 1. The molecule has 1 aromatic heterocycles. The first-order valence-electron chi connectivity index (χ1n) is 10.9. The molecular formula is C22H31N5O3. The number of carbonyl (C=O) groups is 1. The Morgan fingerprint density at radius 2 is 1.90 bits per heavy atom. The van der Waals surface area contributed by atoms with Crippen LogP contribution in [0, 0.1) is 0 Å². The Morgan fingerprint density at radius 1 is 1.17 bits per heavy atom. The largest absolute Gasteiger partial charge is 0.497 e. The van der Waals surface area contributed by atoms with Crippen LogP contribution in [0.3, 0.4) is 0 Å². The van der Waals surface area contributed by atoms with E-state index in [9.17, 15) is 9.59 Å². The van der Waals surface area contributed by atoms with E-state index in [2.05, 4.69) is 10.4 Å². The normalized spacial score (nSPS) is 19.8. The van der Waals surface area contributed by atoms with Crippen molar-refractivity contribution in [2.24, 2.45) is 7.05 Å². The van der Waals surface area contributed by atoms with Gasteiger partial charge < -0.3 is 15.0 Å². The lowest BCUT2D eigenvalue weighted by molar-refractivity contribution is 0.176. The number of aryl methyl sites for hydroxylation is 1. The molecule has 4 rings (SSSR count). The molecule has 1 aromatic carbocycles. The minimum atomic E-state index is -0.0683. The summed E-state index contributed by atoms with van der Waals surface area (Å²) in [6.07, 6.45) is 6.27. The van der Waals surface area contributed by atoms with Crippen LogP contribution in [-0.2, 0) is 13.6 Å². The van der Waals surface area contributed by atoms with Crippen LogP contribution in [0.2, 0.25) is 0 Å². The second kappa shape index (κ2) is 8.93. The molecule has 8 heteroatoms. The molecule has 2 amide bonds. The van der Waals surface area contributed by atoms with Crippen molar-refractivity contribution in [3.63, 3.8) is 0 Å². The maximum atomic E-state index is 12.8. The van der Waals surface area contributed by atoms with Crippen molar-refractivity contribution in [1.82, 2.24) is 24.6 Å². The zero-order valence-electron chi connectivity index (χ0n) is 17.8. The smallest absolute Gasteiger partial charge is 0.345 e. The van der Waals surface area contributed by atoms with Crippen LogP contribution in [0.5, 0.6) is 5.75 Å². The van der Waals surface area contributed by atoms with E-state index in [1.165, 1.54) is 4.68 Å². The fraction of sp³-hybridized carbons (Fsp3) is 0.591. The lowest BCUT2D eigenvalue weighted by atomic mass is 9.97. The van der Waals surface area contributed by atoms with Gasteiger partial charge >= 0.3 is 11.7 Å². The molecule has 2 aliphatic rings. The Hall–Kier alpha value is -2.77. The molecule has 1 N–H and O–H groups in total. The fourth-order valence-corrected chi connectivity index (χ4v) is 4.69. The zero-order chi connectivity index (χ0) is 21.1. The monoisotopic (exact) mass is 413 g/mol. The minimum absolute atomic E-state index is 0.0296. The quantitative estimate of drug-likeness (QED) is 0.817. The summed E-state index contributed by atoms with van der Waals surface area (Å²) < 4.78 is 8.54. The Bertz CT molecular complexity index is 927. The lowest BCUT2D eigenvalue weighted by Gasteiger charge is -2.32. The van der Waals surface area contributed by atoms with E-state index >= 15 is 0 Å². The maximum absolute atomic E-state index is 12.8. The molecule has 162 valence electrons. The second-order valence-electron chi connectivity index (χ2n) is 8.36. The summed E-state index contributed by atoms with van der Waals surface area (Å²) in [5.41, 5.74) is 0.996. The van der Waals surface area contributed by atoms with Crippen molar-refractivity contribution in [1.29, 1.82) is 0 Å². The summed E-state index contributed by atoms with van der Waals surface area (Å²) in [6, 6.07) is 7.86. The van der Waals surface area contributed by atoms with Crippen molar-refractivity contribution in [2.75, 3.05) is 20.2 Å². The van der Waals surface area contributed by atoms with E-state index in [4.69, 9.17) is 4.74 Å². The highest BCUT2D eigenvalue weighted by Gasteiger charge is 2.32. The van der Waals surface area contributed by atoms with Gasteiger partial charge in [-0.1, -0.05) is 25.0 Å². The van der Waals surface area contributed by atoms with Crippen LogP contribution < -0.4 is 15.7 Å². The van der Waals surface area contributed by atoms with Crippen molar-refractivity contribution in [2.45, 2.75) is 57.0 Å². The van der Waals surface area contributed by atoms with E-state index in [1.807, 2.05) is 33.7 Å². The number of carbonyl (C=O) groups excluding carboxylic acids is 1. The van der Waals surface area contributed by atoms with Crippen LogP contribution >= 0.6 is 0 Å². The molecule has 1 aliphatic heterocycles. The number of likely N-dealkylation sites (tertiary alicyclic amines) is 1. The number of nitrogens with one attached hydrogen (secondary N) is 1. The second-order valence-corrected chi connectivity index (χ2v) is 8.36. The molecule has 30 heavy (non-hydrogen) atoms. The maximum Gasteiger partial charge on any atom is 0.345 e. The van der Waals surface area contributed by atoms with Crippen molar-refractivity contribution < 1.29 is 9.53 Å². The number of nitrogens with zero attached hydrogens (tertiary/aromatic N) is 4. The van der Waals surface area contributed by atoms with E-state index in [1.54, 1.807) is 14.2 Å². The van der Waals surface area contributed by atoms with Gasteiger partial charge in [0.25, 0.3) is 0 Å². The SMILES string of the molecule is COc1ccc(CNC(=O)N2CCCC(c3nn(C)c(=O)n3C3CCCC3)C2)cc1. The number of benzene rings is 1. The first-order valence-corrected chi connectivity index (χ1v) is 10.9. The fourth-order valence-electron chi connectivity index (χ4n) is 4.69. The summed E-state index contributed by atoms with van der Waals surface area (Å²) in [5.74, 6) is 1.75. The molecule has 1 unspecified atom stereocenters. The molecule has 8 nitrogen and oxygen atoms in total. The molecule has 1 saturated heterocycles. The number of hydrogen-bond acceptors (Lipinski definition) is 4. The molecule has 0 radical (unpaired) electrons. The van der Waals surface area contributed by atoms with Crippen LogP contribution in [0.25, 0.3) is 0 Å². The molecule has 0 spiro atoms. The third-order valence-electron chi connectivity index (χ3n) is 6.35. The number of piperidine rings is 1. The van der Waals surface area contributed by atoms with Crippen molar-refractivity contribution in [3.05, 3.63) is 46.1 Å². The molecular weight excluding hydrogens is 382 g/mol. The molecule has 2 aromatic rings. The molecule has 1 aliphatic carbocycles.